The van der Waals surface area contributed by atoms with Crippen LogP contribution in [0.4, 0.5) is 5.69 Å². The third kappa shape index (κ3) is 2.09. The third-order valence-corrected chi connectivity index (χ3v) is 1.82. The van der Waals surface area contributed by atoms with Crippen molar-refractivity contribution in [2.75, 3.05) is 19.4 Å². The van der Waals surface area contributed by atoms with Crippen LogP contribution < -0.4 is 10.6 Å². The van der Waals surface area contributed by atoms with E-state index >= 15 is 0 Å². The summed E-state index contributed by atoms with van der Waals surface area (Å²) in [6, 6.07) is 1.60. The summed E-state index contributed by atoms with van der Waals surface area (Å²) in [5, 5.41) is 5.74. The predicted molar refractivity (Wildman–Crippen MR) is 52.2 cm³/mol. The van der Waals surface area contributed by atoms with Crippen LogP contribution in [0, 0.1) is 0 Å². The second-order valence-corrected chi connectivity index (χ2v) is 2.77. The lowest BCUT2D eigenvalue weighted by atomic mass is 10.2. The number of nitrogens with zero attached hydrogens (tertiary/aromatic N) is 1. The van der Waals surface area contributed by atoms with Crippen LogP contribution in [0.5, 0.6) is 0 Å². The van der Waals surface area contributed by atoms with Gasteiger partial charge in [0.1, 0.15) is 5.15 Å². The quantitative estimate of drug-likeness (QED) is 0.703. The van der Waals surface area contributed by atoms with Gasteiger partial charge in [0.2, 0.25) is 0 Å². The molecule has 5 heteroatoms. The number of rotatable bonds is 2. The first-order chi connectivity index (χ1) is 6.19. The summed E-state index contributed by atoms with van der Waals surface area (Å²) < 4.78 is 0. The van der Waals surface area contributed by atoms with E-state index in [9.17, 15) is 4.79 Å². The molecule has 0 saturated carbocycles. The average molecular weight is 200 g/mol. The van der Waals surface area contributed by atoms with E-state index in [2.05, 4.69) is 15.6 Å². The van der Waals surface area contributed by atoms with Gasteiger partial charge in [-0.15, -0.1) is 0 Å². The van der Waals surface area contributed by atoms with Crippen LogP contribution in [0.3, 0.4) is 0 Å². The lowest BCUT2D eigenvalue weighted by Crippen LogP contribution is -2.19. The van der Waals surface area contributed by atoms with Crippen molar-refractivity contribution in [3.8, 4) is 0 Å². The summed E-state index contributed by atoms with van der Waals surface area (Å²) in [6.45, 7) is 0. The second kappa shape index (κ2) is 4.09. The molecule has 1 aromatic rings. The van der Waals surface area contributed by atoms with Gasteiger partial charge in [-0.1, -0.05) is 11.6 Å². The molecule has 0 saturated heterocycles. The Hall–Kier alpha value is -1.29. The van der Waals surface area contributed by atoms with Gasteiger partial charge in [-0.05, 0) is 6.07 Å². The minimum atomic E-state index is -0.187. The van der Waals surface area contributed by atoms with Gasteiger partial charge >= 0.3 is 0 Å². The van der Waals surface area contributed by atoms with E-state index in [0.29, 0.717) is 16.4 Å². The Morgan fingerprint density at radius 1 is 1.54 bits per heavy atom. The Kier molecular flexibility index (Phi) is 3.08. The van der Waals surface area contributed by atoms with Crippen LogP contribution in [0.15, 0.2) is 12.3 Å². The second-order valence-electron chi connectivity index (χ2n) is 2.38. The van der Waals surface area contributed by atoms with Crippen molar-refractivity contribution in [1.29, 1.82) is 0 Å². The zero-order chi connectivity index (χ0) is 9.84. The van der Waals surface area contributed by atoms with Crippen molar-refractivity contribution in [3.63, 3.8) is 0 Å². The maximum Gasteiger partial charge on any atom is 0.254 e. The van der Waals surface area contributed by atoms with Gasteiger partial charge in [0.25, 0.3) is 5.91 Å². The lowest BCUT2D eigenvalue weighted by Gasteiger charge is -2.06. The number of hydrogen-bond donors (Lipinski definition) is 2. The number of aromatic nitrogens is 1. The van der Waals surface area contributed by atoms with E-state index in [1.807, 2.05) is 0 Å². The fraction of sp³-hybridized carbons (Fsp3) is 0.250. The maximum absolute atomic E-state index is 11.3. The van der Waals surface area contributed by atoms with E-state index in [-0.39, 0.29) is 5.91 Å². The summed E-state index contributed by atoms with van der Waals surface area (Å²) in [5.74, 6) is -0.187. The molecule has 0 atom stereocenters. The molecule has 1 amide bonds. The minimum Gasteiger partial charge on any atom is -0.387 e. The van der Waals surface area contributed by atoms with E-state index < -0.39 is 0 Å². The highest BCUT2D eigenvalue weighted by Crippen LogP contribution is 2.17. The summed E-state index contributed by atoms with van der Waals surface area (Å²) in [7, 11) is 3.29. The van der Waals surface area contributed by atoms with E-state index in [4.69, 9.17) is 11.6 Å². The van der Waals surface area contributed by atoms with Crippen LogP contribution in [-0.4, -0.2) is 25.0 Å². The number of nitrogens with one attached hydrogen (secondary N) is 2. The Morgan fingerprint density at radius 3 is 2.77 bits per heavy atom. The molecule has 0 aliphatic carbocycles. The molecular formula is C8H10ClN3O. The number of halogens is 1. The minimum absolute atomic E-state index is 0.187. The SMILES string of the molecule is CNC(=O)c1cnc(Cl)cc1NC. The summed E-state index contributed by atoms with van der Waals surface area (Å²) in [4.78, 5) is 15.1. The molecule has 0 aromatic carbocycles. The van der Waals surface area contributed by atoms with Crippen molar-refractivity contribution >= 4 is 23.2 Å². The van der Waals surface area contributed by atoms with Gasteiger partial charge in [-0.2, -0.15) is 0 Å². The fourth-order valence-corrected chi connectivity index (χ4v) is 1.11. The first-order valence-electron chi connectivity index (χ1n) is 3.74. The molecule has 0 spiro atoms. The average Bonchev–Trinajstić information content (AvgIpc) is 2.16. The van der Waals surface area contributed by atoms with Gasteiger partial charge < -0.3 is 10.6 Å². The largest absolute Gasteiger partial charge is 0.387 e. The van der Waals surface area contributed by atoms with Gasteiger partial charge in [0, 0.05) is 20.3 Å². The lowest BCUT2D eigenvalue weighted by molar-refractivity contribution is 0.0963. The molecule has 1 heterocycles. The number of carbonyl (C=O) groups is 1. The Bertz CT molecular complexity index is 327. The van der Waals surface area contributed by atoms with Crippen LogP contribution >= 0.6 is 11.6 Å². The van der Waals surface area contributed by atoms with Crippen molar-refractivity contribution in [2.24, 2.45) is 0 Å². The third-order valence-electron chi connectivity index (χ3n) is 1.61. The highest BCUT2D eigenvalue weighted by molar-refractivity contribution is 6.29. The number of hydrogen-bond acceptors (Lipinski definition) is 3. The zero-order valence-corrected chi connectivity index (χ0v) is 8.14. The van der Waals surface area contributed by atoms with Crippen LogP contribution in [0.1, 0.15) is 10.4 Å². The molecule has 4 nitrogen and oxygen atoms in total. The predicted octanol–water partition coefficient (Wildman–Crippen LogP) is 1.14. The smallest absolute Gasteiger partial charge is 0.254 e. The molecule has 70 valence electrons. The molecule has 0 radical (unpaired) electrons. The van der Waals surface area contributed by atoms with Gasteiger partial charge in [0.15, 0.2) is 0 Å². The normalized spacial score (nSPS) is 9.46. The molecule has 0 aliphatic heterocycles. The van der Waals surface area contributed by atoms with Crippen molar-refractivity contribution < 1.29 is 4.79 Å². The molecule has 0 aliphatic rings. The van der Waals surface area contributed by atoms with Crippen molar-refractivity contribution in [3.05, 3.63) is 23.0 Å². The molecule has 1 aromatic heterocycles. The first-order valence-corrected chi connectivity index (χ1v) is 4.12. The van der Waals surface area contributed by atoms with E-state index in [0.717, 1.165) is 0 Å². The van der Waals surface area contributed by atoms with E-state index in [1.54, 1.807) is 20.2 Å². The number of amides is 1. The van der Waals surface area contributed by atoms with Gasteiger partial charge in [-0.3, -0.25) is 4.79 Å². The number of carbonyl (C=O) groups excluding carboxylic acids is 1. The molecule has 0 fully saturated rings. The molecule has 2 N–H and O–H groups in total. The van der Waals surface area contributed by atoms with Crippen molar-refractivity contribution in [1.82, 2.24) is 10.3 Å². The molecule has 13 heavy (non-hydrogen) atoms. The highest BCUT2D eigenvalue weighted by atomic mass is 35.5. The monoisotopic (exact) mass is 199 g/mol. The summed E-state index contributed by atoms with van der Waals surface area (Å²) in [5.41, 5.74) is 1.15. The summed E-state index contributed by atoms with van der Waals surface area (Å²) in [6.07, 6.45) is 1.44. The van der Waals surface area contributed by atoms with Crippen LogP contribution in [-0.2, 0) is 0 Å². The summed E-state index contributed by atoms with van der Waals surface area (Å²) >= 11 is 5.66. The molecule has 0 bridgehead atoms. The highest BCUT2D eigenvalue weighted by Gasteiger charge is 2.09. The van der Waals surface area contributed by atoms with Gasteiger partial charge in [-0.25, -0.2) is 4.98 Å². The van der Waals surface area contributed by atoms with Crippen LogP contribution in [0.2, 0.25) is 5.15 Å². The topological polar surface area (TPSA) is 54.0 Å². The molecule has 0 unspecified atom stereocenters. The number of anilines is 1. The Balaban J connectivity index is 3.13. The molecular weight excluding hydrogens is 190 g/mol. The Labute approximate surface area is 81.3 Å². The van der Waals surface area contributed by atoms with Gasteiger partial charge in [0.05, 0.1) is 11.3 Å². The maximum atomic E-state index is 11.3. The fourth-order valence-electron chi connectivity index (χ4n) is 0.952. The first kappa shape index (κ1) is 9.80. The Morgan fingerprint density at radius 2 is 2.23 bits per heavy atom. The van der Waals surface area contributed by atoms with E-state index in [1.165, 1.54) is 6.20 Å². The standard InChI is InChI=1S/C8H10ClN3O/c1-10-6-3-7(9)12-4-5(6)8(13)11-2/h3-4H,1-2H3,(H,10,12)(H,11,13). The number of pyridine rings is 1. The molecule has 1 rings (SSSR count). The van der Waals surface area contributed by atoms with Crippen molar-refractivity contribution in [2.45, 2.75) is 0 Å². The van der Waals surface area contributed by atoms with Crippen LogP contribution in [0.25, 0.3) is 0 Å². The zero-order valence-electron chi connectivity index (χ0n) is 7.39.